The van der Waals surface area contributed by atoms with E-state index in [2.05, 4.69) is 33.5 Å². The summed E-state index contributed by atoms with van der Waals surface area (Å²) in [6.07, 6.45) is 7.04. The number of nitrogens with one attached hydrogen (secondary N) is 6. The van der Waals surface area contributed by atoms with Crippen LogP contribution in [0.4, 0.5) is 0 Å². The zero-order chi connectivity index (χ0) is 42.0. The van der Waals surface area contributed by atoms with Crippen molar-refractivity contribution in [2.24, 2.45) is 0 Å². The Kier molecular flexibility index (Phi) is 23.3. The summed E-state index contributed by atoms with van der Waals surface area (Å²) in [5.74, 6) is -2.91. The lowest BCUT2D eigenvalue weighted by molar-refractivity contribution is -0.858. The van der Waals surface area contributed by atoms with Crippen LogP contribution in [0.25, 0.3) is 0 Å². The third kappa shape index (κ3) is 21.2. The average Bonchev–Trinajstić information content (AvgIpc) is 3.17. The normalized spacial score (nSPS) is 12.4. The number of ether oxygens (including phenoxy) is 2. The maximum atomic E-state index is 13.6. The van der Waals surface area contributed by atoms with Gasteiger partial charge in [0, 0.05) is 32.6 Å². The van der Waals surface area contributed by atoms with E-state index in [9.17, 15) is 33.6 Å². The van der Waals surface area contributed by atoms with E-state index >= 15 is 0 Å². The Morgan fingerprint density at radius 2 is 1.33 bits per heavy atom. The van der Waals surface area contributed by atoms with Crippen LogP contribution in [0, 0.1) is 0 Å². The van der Waals surface area contributed by atoms with Gasteiger partial charge in [0.05, 0.1) is 40.3 Å². The summed E-state index contributed by atoms with van der Waals surface area (Å²) in [6, 6.07) is 12.6. The number of hydrogen-bond donors (Lipinski definition) is 6. The van der Waals surface area contributed by atoms with Gasteiger partial charge >= 0.3 is 11.9 Å². The highest BCUT2D eigenvalue weighted by molar-refractivity contribution is 7.98. The van der Waals surface area contributed by atoms with Gasteiger partial charge in [-0.3, -0.25) is 28.8 Å². The molecule has 5 amide bonds. The van der Waals surface area contributed by atoms with Gasteiger partial charge in [-0.2, -0.15) is 11.8 Å². The van der Waals surface area contributed by atoms with Crippen LogP contribution in [0.15, 0.2) is 54.6 Å². The molecule has 2 aromatic rings. The molecule has 0 radical (unpaired) electrons. The van der Waals surface area contributed by atoms with Gasteiger partial charge in [-0.15, -0.1) is 0 Å². The van der Waals surface area contributed by atoms with Crippen molar-refractivity contribution in [1.82, 2.24) is 26.6 Å². The molecule has 3 atom stereocenters. The van der Waals surface area contributed by atoms with Crippen molar-refractivity contribution in [1.29, 1.82) is 0 Å². The fourth-order valence-electron chi connectivity index (χ4n) is 5.57. The van der Waals surface area contributed by atoms with Gasteiger partial charge in [-0.05, 0) is 48.1 Å². The molecular weight excluding hydrogens is 753 g/mol. The first-order valence-corrected chi connectivity index (χ1v) is 20.9. The van der Waals surface area contributed by atoms with Crippen molar-refractivity contribution in [2.45, 2.75) is 89.8 Å². The largest absolute Gasteiger partial charge is 0.464 e. The molecular formula is C41H61N6O9S+. The van der Waals surface area contributed by atoms with E-state index < -0.39 is 66.8 Å². The van der Waals surface area contributed by atoms with Gasteiger partial charge in [0.25, 0.3) is 0 Å². The number of hydrogen-bond acceptors (Lipinski definition) is 10. The summed E-state index contributed by atoms with van der Waals surface area (Å²) in [5.41, 5.74) is 1.44. The molecule has 57 heavy (non-hydrogen) atoms. The second kappa shape index (κ2) is 27.6. The van der Waals surface area contributed by atoms with Crippen LogP contribution in [0.3, 0.4) is 0 Å². The Hall–Kier alpha value is -4.96. The zero-order valence-electron chi connectivity index (χ0n) is 33.9. The fraction of sp³-hybridized carbons (Fsp3) is 0.537. The Morgan fingerprint density at radius 1 is 0.702 bits per heavy atom. The van der Waals surface area contributed by atoms with E-state index in [1.807, 2.05) is 38.6 Å². The topological polar surface area (TPSA) is 203 Å². The summed E-state index contributed by atoms with van der Waals surface area (Å²) >= 11 is 1.53. The highest BCUT2D eigenvalue weighted by atomic mass is 32.2. The molecule has 2 aromatic carbocycles. The molecule has 0 spiro atoms. The van der Waals surface area contributed by atoms with Crippen LogP contribution in [0.1, 0.15) is 69.9 Å². The van der Waals surface area contributed by atoms with Crippen molar-refractivity contribution in [3.8, 4) is 5.75 Å². The number of carbonyl (C=O) groups excluding carboxylic acids is 7. The predicted molar refractivity (Wildman–Crippen MR) is 218 cm³/mol. The van der Waals surface area contributed by atoms with Crippen molar-refractivity contribution >= 4 is 53.2 Å². The maximum absolute atomic E-state index is 13.6. The second-order valence-corrected chi connectivity index (χ2v) is 15.0. The van der Waals surface area contributed by atoms with E-state index in [-0.39, 0.29) is 31.8 Å². The van der Waals surface area contributed by atoms with Crippen molar-refractivity contribution in [3.63, 3.8) is 0 Å². The fourth-order valence-corrected chi connectivity index (χ4v) is 6.04. The maximum Gasteiger partial charge on any atom is 0.328 e. The first-order chi connectivity index (χ1) is 27.3. The predicted octanol–water partition coefficient (Wildman–Crippen LogP) is 0.885. The minimum atomic E-state index is -1.07. The standard InChI is InChI=1S/C41H60N6O9S/c1-6-7-8-12-23-55-41(54)33(21-24-57-5)46-40(53)35(25-30-14-10-9-11-15-30)45-38(51)28-42-37(50)27-43-39(52)34(44-36(49)16-13-22-47(3)4)26-31-17-19-32(20-18-31)56-29(2)48/h9-11,14-15,17-20,33-35H,6-8,12-13,16,21-28H2,1-5H3,(H,42,50)(H,43,52)(H,44,49)(H,45,51)(H,46,53)/p+1. The van der Waals surface area contributed by atoms with E-state index in [1.54, 1.807) is 36.4 Å². The summed E-state index contributed by atoms with van der Waals surface area (Å²) in [7, 11) is 3.95. The molecule has 0 saturated heterocycles. The van der Waals surface area contributed by atoms with Crippen LogP contribution in [0.2, 0.25) is 0 Å². The third-order valence-corrected chi connectivity index (χ3v) is 9.26. The highest BCUT2D eigenvalue weighted by Gasteiger charge is 2.28. The first-order valence-electron chi connectivity index (χ1n) is 19.5. The first kappa shape index (κ1) is 48.2. The van der Waals surface area contributed by atoms with Crippen molar-refractivity contribution in [3.05, 3.63) is 65.7 Å². The van der Waals surface area contributed by atoms with Gasteiger partial charge in [0.2, 0.25) is 29.5 Å². The lowest BCUT2D eigenvalue weighted by atomic mass is 10.0. The van der Waals surface area contributed by atoms with E-state index in [1.165, 1.54) is 23.6 Å². The molecule has 0 heterocycles. The van der Waals surface area contributed by atoms with Crippen LogP contribution >= 0.6 is 11.8 Å². The van der Waals surface area contributed by atoms with Crippen LogP contribution in [0.5, 0.6) is 5.75 Å². The molecule has 6 N–H and O–H groups in total. The molecule has 16 heteroatoms. The van der Waals surface area contributed by atoms with Gasteiger partial charge < -0.3 is 41.0 Å². The molecule has 0 aromatic heterocycles. The Labute approximate surface area is 340 Å². The number of thioether (sulfide) groups is 1. The molecule has 3 unspecified atom stereocenters. The van der Waals surface area contributed by atoms with E-state index in [0.29, 0.717) is 29.9 Å². The molecule has 0 aliphatic heterocycles. The van der Waals surface area contributed by atoms with E-state index in [0.717, 1.165) is 37.8 Å². The smallest absolute Gasteiger partial charge is 0.328 e. The molecule has 15 nitrogen and oxygen atoms in total. The summed E-state index contributed by atoms with van der Waals surface area (Å²) < 4.78 is 10.5. The lowest BCUT2D eigenvalue weighted by Gasteiger charge is -2.23. The molecule has 2 rings (SSSR count). The summed E-state index contributed by atoms with van der Waals surface area (Å²) in [6.45, 7) is 3.42. The van der Waals surface area contributed by atoms with Crippen LogP contribution < -0.4 is 36.2 Å². The SMILES string of the molecule is CCCCCCOC(=O)C(CCSC)NC(=O)C(Cc1ccccc1)NC(=O)CNC(=O)CNC(=O)C(Cc1ccc(OC(C)=O)cc1)NC(=O)CCC[NH+](C)C. The van der Waals surface area contributed by atoms with Crippen LogP contribution in [-0.4, -0.2) is 112 Å². The minimum Gasteiger partial charge on any atom is -0.464 e. The van der Waals surface area contributed by atoms with Crippen LogP contribution in [-0.2, 0) is 51.1 Å². The number of benzene rings is 2. The Bertz CT molecular complexity index is 1580. The number of quaternary nitrogens is 1. The second-order valence-electron chi connectivity index (χ2n) is 14.0. The molecule has 0 bridgehead atoms. The van der Waals surface area contributed by atoms with Gasteiger partial charge in [0.1, 0.15) is 23.9 Å². The molecule has 0 aliphatic carbocycles. The zero-order valence-corrected chi connectivity index (χ0v) is 34.7. The summed E-state index contributed by atoms with van der Waals surface area (Å²) in [4.78, 5) is 90.9. The lowest BCUT2D eigenvalue weighted by Crippen LogP contribution is -3.05. The molecule has 0 saturated carbocycles. The van der Waals surface area contributed by atoms with E-state index in [4.69, 9.17) is 9.47 Å². The Morgan fingerprint density at radius 3 is 1.96 bits per heavy atom. The van der Waals surface area contributed by atoms with Crippen molar-refractivity contribution in [2.75, 3.05) is 52.3 Å². The van der Waals surface area contributed by atoms with Gasteiger partial charge in [-0.25, -0.2) is 4.79 Å². The summed E-state index contributed by atoms with van der Waals surface area (Å²) in [5, 5.41) is 13.2. The third-order valence-electron chi connectivity index (χ3n) is 8.61. The number of unbranched alkanes of at least 4 members (excludes halogenated alkanes) is 3. The van der Waals surface area contributed by atoms with Gasteiger partial charge in [0.15, 0.2) is 0 Å². The Balaban J connectivity index is 2.04. The molecule has 314 valence electrons. The number of rotatable bonds is 27. The highest BCUT2D eigenvalue weighted by Crippen LogP contribution is 2.14. The molecule has 0 fully saturated rings. The monoisotopic (exact) mass is 813 g/mol. The minimum absolute atomic E-state index is 0.0978. The number of carbonyl (C=O) groups is 7. The quantitative estimate of drug-likeness (QED) is 0.0428. The average molecular weight is 814 g/mol. The molecule has 0 aliphatic rings. The van der Waals surface area contributed by atoms with Crippen molar-refractivity contribution < 1.29 is 47.9 Å². The number of amides is 5. The number of esters is 2. The van der Waals surface area contributed by atoms with Gasteiger partial charge in [-0.1, -0.05) is 68.7 Å².